The van der Waals surface area contributed by atoms with Crippen molar-refractivity contribution < 1.29 is 18.8 Å². The third kappa shape index (κ3) is 4.82. The fourth-order valence-electron chi connectivity index (χ4n) is 3.04. The highest BCUT2D eigenvalue weighted by Crippen LogP contribution is 2.25. The summed E-state index contributed by atoms with van der Waals surface area (Å²) >= 11 is 0. The largest absolute Gasteiger partial charge is 0.484 e. The summed E-state index contributed by atoms with van der Waals surface area (Å²) < 4.78 is 16.1. The molecule has 0 bridgehead atoms. The summed E-state index contributed by atoms with van der Waals surface area (Å²) in [6, 6.07) is 7.70. The van der Waals surface area contributed by atoms with Gasteiger partial charge in [-0.05, 0) is 44.4 Å². The number of rotatable bonds is 7. The number of hydrogen-bond donors (Lipinski definition) is 0. The van der Waals surface area contributed by atoms with E-state index in [9.17, 15) is 4.79 Å². The molecule has 0 aliphatic carbocycles. The van der Waals surface area contributed by atoms with Crippen molar-refractivity contribution in [2.75, 3.05) is 26.3 Å². The van der Waals surface area contributed by atoms with Gasteiger partial charge in [0.15, 0.2) is 12.4 Å². The molecule has 7 nitrogen and oxygen atoms in total. The number of hydrogen-bond acceptors (Lipinski definition) is 6. The summed E-state index contributed by atoms with van der Waals surface area (Å²) in [5.41, 5.74) is 1.10. The van der Waals surface area contributed by atoms with Gasteiger partial charge in [0.2, 0.25) is 0 Å². The van der Waals surface area contributed by atoms with Gasteiger partial charge in [0.1, 0.15) is 12.4 Å². The number of aryl methyl sites for hydroxylation is 1. The van der Waals surface area contributed by atoms with Crippen LogP contribution in [-0.4, -0.2) is 47.3 Å². The molecule has 2 aromatic rings. The van der Waals surface area contributed by atoms with Crippen LogP contribution >= 0.6 is 0 Å². The normalized spacial score (nSPS) is 17.3. The molecule has 1 aromatic heterocycles. The molecule has 0 saturated carbocycles. The minimum Gasteiger partial charge on any atom is -0.484 e. The van der Waals surface area contributed by atoms with Crippen LogP contribution in [0.3, 0.4) is 0 Å². The maximum atomic E-state index is 12.5. The number of likely N-dealkylation sites (tertiary alicyclic amines) is 1. The Morgan fingerprint density at radius 2 is 2.31 bits per heavy atom. The number of benzene rings is 1. The summed E-state index contributed by atoms with van der Waals surface area (Å²) in [6.45, 7) is 6.20. The van der Waals surface area contributed by atoms with Crippen LogP contribution in [0.5, 0.6) is 5.75 Å². The van der Waals surface area contributed by atoms with Gasteiger partial charge in [0.25, 0.3) is 11.8 Å². The van der Waals surface area contributed by atoms with Gasteiger partial charge in [-0.2, -0.15) is 4.98 Å². The van der Waals surface area contributed by atoms with E-state index in [4.69, 9.17) is 14.0 Å². The standard InChI is InChI=1S/C19H25N3O4/c1-3-24-12-17-20-19(21-26-17)15-7-5-9-22(11-15)18(23)13-25-16-8-4-6-14(2)10-16/h4,6,8,10,15H,3,5,7,9,11-13H2,1-2H3. The quantitative estimate of drug-likeness (QED) is 0.756. The molecule has 26 heavy (non-hydrogen) atoms. The van der Waals surface area contributed by atoms with E-state index < -0.39 is 0 Å². The Kier molecular flexibility index (Phi) is 6.22. The number of aromatic nitrogens is 2. The fourth-order valence-corrected chi connectivity index (χ4v) is 3.04. The SMILES string of the molecule is CCOCc1nc(C2CCCN(C(=O)COc3cccc(C)c3)C2)no1. The lowest BCUT2D eigenvalue weighted by Crippen LogP contribution is -2.41. The minimum atomic E-state index is -0.0192. The van der Waals surface area contributed by atoms with E-state index in [1.165, 1.54) is 0 Å². The van der Waals surface area contributed by atoms with Gasteiger partial charge in [-0.1, -0.05) is 17.3 Å². The second kappa shape index (κ2) is 8.80. The molecule has 1 unspecified atom stereocenters. The second-order valence-electron chi connectivity index (χ2n) is 6.47. The van der Waals surface area contributed by atoms with Crippen molar-refractivity contribution >= 4 is 5.91 Å². The van der Waals surface area contributed by atoms with Crippen LogP contribution in [-0.2, 0) is 16.1 Å². The average molecular weight is 359 g/mol. The first-order chi connectivity index (χ1) is 12.7. The molecule has 1 aromatic carbocycles. The molecule has 1 fully saturated rings. The molecule has 1 aliphatic rings. The number of ether oxygens (including phenoxy) is 2. The van der Waals surface area contributed by atoms with E-state index in [-0.39, 0.29) is 18.4 Å². The van der Waals surface area contributed by atoms with Crippen LogP contribution in [0, 0.1) is 6.92 Å². The number of amides is 1. The van der Waals surface area contributed by atoms with Gasteiger partial charge in [-0.3, -0.25) is 4.79 Å². The van der Waals surface area contributed by atoms with Crippen LogP contribution in [0.1, 0.15) is 43.0 Å². The smallest absolute Gasteiger partial charge is 0.260 e. The molecule has 0 spiro atoms. The predicted molar refractivity (Wildman–Crippen MR) is 94.9 cm³/mol. The first-order valence-electron chi connectivity index (χ1n) is 9.03. The zero-order chi connectivity index (χ0) is 18.4. The first-order valence-corrected chi connectivity index (χ1v) is 9.03. The third-order valence-electron chi connectivity index (χ3n) is 4.40. The molecule has 0 radical (unpaired) electrons. The number of piperidine rings is 1. The molecule has 3 rings (SSSR count). The fraction of sp³-hybridized carbons (Fsp3) is 0.526. The van der Waals surface area contributed by atoms with Gasteiger partial charge < -0.3 is 18.9 Å². The van der Waals surface area contributed by atoms with E-state index in [0.29, 0.717) is 37.2 Å². The molecule has 7 heteroatoms. The number of carbonyl (C=O) groups is 1. The number of nitrogens with zero attached hydrogens (tertiary/aromatic N) is 3. The maximum absolute atomic E-state index is 12.5. The summed E-state index contributed by atoms with van der Waals surface area (Å²) in [5, 5.41) is 4.05. The molecule has 1 amide bonds. The monoisotopic (exact) mass is 359 g/mol. The lowest BCUT2D eigenvalue weighted by atomic mass is 9.97. The van der Waals surface area contributed by atoms with Crippen molar-refractivity contribution in [3.8, 4) is 5.75 Å². The Hall–Kier alpha value is -2.41. The van der Waals surface area contributed by atoms with Gasteiger partial charge in [-0.25, -0.2) is 0 Å². The Labute approximate surface area is 153 Å². The Morgan fingerprint density at radius 3 is 3.12 bits per heavy atom. The van der Waals surface area contributed by atoms with E-state index in [1.54, 1.807) is 0 Å². The third-order valence-corrected chi connectivity index (χ3v) is 4.40. The summed E-state index contributed by atoms with van der Waals surface area (Å²) in [6.07, 6.45) is 1.85. The van der Waals surface area contributed by atoms with Gasteiger partial charge >= 0.3 is 0 Å². The lowest BCUT2D eigenvalue weighted by Gasteiger charge is -2.31. The molecule has 1 atom stereocenters. The van der Waals surface area contributed by atoms with Crippen molar-refractivity contribution in [2.45, 2.75) is 39.2 Å². The van der Waals surface area contributed by atoms with Crippen molar-refractivity contribution in [3.63, 3.8) is 0 Å². The van der Waals surface area contributed by atoms with E-state index in [0.717, 1.165) is 24.9 Å². The highest BCUT2D eigenvalue weighted by molar-refractivity contribution is 5.78. The van der Waals surface area contributed by atoms with Crippen molar-refractivity contribution in [3.05, 3.63) is 41.5 Å². The Balaban J connectivity index is 1.54. The zero-order valence-electron chi connectivity index (χ0n) is 15.3. The predicted octanol–water partition coefficient (Wildman–Crippen LogP) is 2.70. The maximum Gasteiger partial charge on any atom is 0.260 e. The molecule has 2 heterocycles. The van der Waals surface area contributed by atoms with E-state index in [1.807, 2.05) is 43.0 Å². The van der Waals surface area contributed by atoms with E-state index >= 15 is 0 Å². The highest BCUT2D eigenvalue weighted by atomic mass is 16.5. The average Bonchev–Trinajstić information content (AvgIpc) is 3.13. The van der Waals surface area contributed by atoms with Gasteiger partial charge in [0.05, 0.1) is 0 Å². The molecule has 140 valence electrons. The molecular weight excluding hydrogens is 334 g/mol. The number of carbonyl (C=O) groups excluding carboxylic acids is 1. The van der Waals surface area contributed by atoms with Crippen LogP contribution in [0.25, 0.3) is 0 Å². The summed E-state index contributed by atoms with van der Waals surface area (Å²) in [5.74, 6) is 1.91. The Bertz CT molecular complexity index is 731. The van der Waals surface area contributed by atoms with Crippen molar-refractivity contribution in [2.24, 2.45) is 0 Å². The molecule has 1 saturated heterocycles. The van der Waals surface area contributed by atoms with Gasteiger partial charge in [0, 0.05) is 25.6 Å². The van der Waals surface area contributed by atoms with Crippen molar-refractivity contribution in [1.82, 2.24) is 15.0 Å². The Morgan fingerprint density at radius 1 is 1.42 bits per heavy atom. The van der Waals surface area contributed by atoms with Gasteiger partial charge in [-0.15, -0.1) is 0 Å². The lowest BCUT2D eigenvalue weighted by molar-refractivity contribution is -0.134. The zero-order valence-corrected chi connectivity index (χ0v) is 15.3. The van der Waals surface area contributed by atoms with Crippen LogP contribution in [0.2, 0.25) is 0 Å². The summed E-state index contributed by atoms with van der Waals surface area (Å²) in [7, 11) is 0. The second-order valence-corrected chi connectivity index (χ2v) is 6.47. The van der Waals surface area contributed by atoms with E-state index in [2.05, 4.69) is 10.1 Å². The minimum absolute atomic E-state index is 0.0192. The topological polar surface area (TPSA) is 77.7 Å². The van der Waals surface area contributed by atoms with Crippen LogP contribution in [0.15, 0.2) is 28.8 Å². The molecular formula is C19H25N3O4. The first kappa shape index (κ1) is 18.4. The summed E-state index contributed by atoms with van der Waals surface area (Å²) in [4.78, 5) is 18.7. The molecule has 0 N–H and O–H groups in total. The van der Waals surface area contributed by atoms with Crippen molar-refractivity contribution in [1.29, 1.82) is 0 Å². The highest BCUT2D eigenvalue weighted by Gasteiger charge is 2.28. The van der Waals surface area contributed by atoms with Crippen LogP contribution < -0.4 is 4.74 Å². The van der Waals surface area contributed by atoms with Crippen LogP contribution in [0.4, 0.5) is 0 Å². The molecule has 1 aliphatic heterocycles.